The molecule has 1 atom stereocenters. The summed E-state index contributed by atoms with van der Waals surface area (Å²) in [5.74, 6) is 0.236. The second kappa shape index (κ2) is 10.1. The molecular formula is C12H25ClO4. The molecule has 0 aliphatic rings. The molecule has 0 aliphatic heterocycles. The van der Waals surface area contributed by atoms with Crippen LogP contribution in [0.3, 0.4) is 0 Å². The maximum Gasteiger partial charge on any atom is 0.0707 e. The maximum absolute atomic E-state index is 9.44. The number of halogens is 1. The van der Waals surface area contributed by atoms with Crippen molar-refractivity contribution in [2.75, 3.05) is 39.4 Å². The van der Waals surface area contributed by atoms with Gasteiger partial charge in [0.05, 0.1) is 24.9 Å². The van der Waals surface area contributed by atoms with Crippen LogP contribution in [0.25, 0.3) is 0 Å². The molecular weight excluding hydrogens is 244 g/mol. The average molecular weight is 269 g/mol. The molecule has 0 bridgehead atoms. The summed E-state index contributed by atoms with van der Waals surface area (Å²) in [4.78, 5) is 0. The zero-order chi connectivity index (χ0) is 13.1. The predicted octanol–water partition coefficient (Wildman–Crippen LogP) is 1.82. The summed E-state index contributed by atoms with van der Waals surface area (Å²) in [5, 5.41) is 9.44. The van der Waals surface area contributed by atoms with Crippen LogP contribution in [-0.4, -0.2) is 56.2 Å². The number of hydrogen-bond donors (Lipinski definition) is 1. The van der Waals surface area contributed by atoms with Crippen molar-refractivity contribution in [1.82, 2.24) is 0 Å². The zero-order valence-corrected chi connectivity index (χ0v) is 11.8. The van der Waals surface area contributed by atoms with Gasteiger partial charge in [-0.3, -0.25) is 0 Å². The Bertz CT molecular complexity index is 176. The van der Waals surface area contributed by atoms with Crippen molar-refractivity contribution in [3.8, 4) is 0 Å². The van der Waals surface area contributed by atoms with E-state index in [0.717, 1.165) is 6.42 Å². The first-order valence-corrected chi connectivity index (χ1v) is 6.50. The minimum atomic E-state index is -0.519. The van der Waals surface area contributed by atoms with E-state index < -0.39 is 6.10 Å². The van der Waals surface area contributed by atoms with Gasteiger partial charge in [-0.1, -0.05) is 0 Å². The van der Waals surface area contributed by atoms with E-state index in [-0.39, 0.29) is 11.5 Å². The molecule has 0 heterocycles. The van der Waals surface area contributed by atoms with Crippen LogP contribution in [0, 0.1) is 0 Å². The maximum atomic E-state index is 9.44. The molecule has 0 aliphatic carbocycles. The first-order chi connectivity index (χ1) is 8.02. The molecule has 5 heteroatoms. The highest BCUT2D eigenvalue weighted by atomic mass is 35.5. The first kappa shape index (κ1) is 17.1. The highest BCUT2D eigenvalue weighted by molar-refractivity contribution is 6.18. The van der Waals surface area contributed by atoms with Gasteiger partial charge >= 0.3 is 0 Å². The van der Waals surface area contributed by atoms with E-state index in [9.17, 15) is 5.11 Å². The van der Waals surface area contributed by atoms with Gasteiger partial charge in [0.1, 0.15) is 0 Å². The normalized spacial score (nSPS) is 13.9. The van der Waals surface area contributed by atoms with Crippen molar-refractivity contribution in [3.63, 3.8) is 0 Å². The topological polar surface area (TPSA) is 47.9 Å². The minimum Gasteiger partial charge on any atom is -0.392 e. The Balaban J connectivity index is 3.45. The van der Waals surface area contributed by atoms with Crippen molar-refractivity contribution in [2.45, 2.75) is 38.4 Å². The van der Waals surface area contributed by atoms with Crippen molar-refractivity contribution in [3.05, 3.63) is 0 Å². The highest BCUT2D eigenvalue weighted by Gasteiger charge is 2.22. The van der Waals surface area contributed by atoms with Crippen LogP contribution >= 0.6 is 11.6 Å². The van der Waals surface area contributed by atoms with Crippen molar-refractivity contribution in [1.29, 1.82) is 0 Å². The largest absolute Gasteiger partial charge is 0.392 e. The molecule has 0 saturated heterocycles. The smallest absolute Gasteiger partial charge is 0.0707 e. The molecule has 17 heavy (non-hydrogen) atoms. The van der Waals surface area contributed by atoms with Crippen LogP contribution < -0.4 is 0 Å². The van der Waals surface area contributed by atoms with E-state index >= 15 is 0 Å². The van der Waals surface area contributed by atoms with E-state index in [1.807, 2.05) is 13.8 Å². The van der Waals surface area contributed by atoms with Crippen LogP contribution in [0.2, 0.25) is 0 Å². The van der Waals surface area contributed by atoms with Gasteiger partial charge in [0.15, 0.2) is 0 Å². The quantitative estimate of drug-likeness (QED) is 0.459. The fourth-order valence-electron chi connectivity index (χ4n) is 1.47. The Labute approximate surface area is 109 Å². The van der Waals surface area contributed by atoms with Crippen LogP contribution in [0.15, 0.2) is 0 Å². The number of rotatable bonds is 11. The van der Waals surface area contributed by atoms with Crippen LogP contribution in [0.1, 0.15) is 26.7 Å². The Morgan fingerprint density at radius 2 is 1.88 bits per heavy atom. The number of methoxy groups -OCH3 is 1. The predicted molar refractivity (Wildman–Crippen MR) is 68.7 cm³/mol. The summed E-state index contributed by atoms with van der Waals surface area (Å²) in [7, 11) is 1.67. The monoisotopic (exact) mass is 268 g/mol. The molecule has 0 saturated carbocycles. The molecule has 0 fully saturated rings. The SMILES string of the molecule is COCCCOCCOC(C)(C)CC(O)CCl. The summed E-state index contributed by atoms with van der Waals surface area (Å²) < 4.78 is 15.9. The molecule has 1 unspecified atom stereocenters. The van der Waals surface area contributed by atoms with Gasteiger partial charge in [0.2, 0.25) is 0 Å². The van der Waals surface area contributed by atoms with Gasteiger partial charge in [0, 0.05) is 32.6 Å². The fourth-order valence-corrected chi connectivity index (χ4v) is 1.57. The minimum absolute atomic E-state index is 0.236. The fraction of sp³-hybridized carbons (Fsp3) is 1.00. The summed E-state index contributed by atoms with van der Waals surface area (Å²) in [5.41, 5.74) is -0.371. The summed E-state index contributed by atoms with van der Waals surface area (Å²) >= 11 is 5.55. The lowest BCUT2D eigenvalue weighted by Gasteiger charge is -2.27. The van der Waals surface area contributed by atoms with Crippen molar-refractivity contribution in [2.24, 2.45) is 0 Å². The van der Waals surface area contributed by atoms with Gasteiger partial charge in [-0.15, -0.1) is 11.6 Å². The summed E-state index contributed by atoms with van der Waals surface area (Å²) in [6.45, 7) is 6.36. The Hall–Kier alpha value is 0.130. The molecule has 4 nitrogen and oxygen atoms in total. The third-order valence-corrected chi connectivity index (χ3v) is 2.62. The molecule has 0 rings (SSSR count). The lowest BCUT2D eigenvalue weighted by molar-refractivity contribution is -0.0669. The van der Waals surface area contributed by atoms with E-state index in [1.54, 1.807) is 7.11 Å². The van der Waals surface area contributed by atoms with Gasteiger partial charge < -0.3 is 19.3 Å². The van der Waals surface area contributed by atoms with E-state index in [1.165, 1.54) is 0 Å². The Morgan fingerprint density at radius 1 is 1.18 bits per heavy atom. The average Bonchev–Trinajstić information content (AvgIpc) is 2.27. The summed E-state index contributed by atoms with van der Waals surface area (Å²) in [6, 6.07) is 0. The summed E-state index contributed by atoms with van der Waals surface area (Å²) in [6.07, 6.45) is 0.902. The van der Waals surface area contributed by atoms with Gasteiger partial charge in [-0.05, 0) is 20.3 Å². The third-order valence-electron chi connectivity index (χ3n) is 2.26. The van der Waals surface area contributed by atoms with Gasteiger partial charge in [-0.2, -0.15) is 0 Å². The number of ether oxygens (including phenoxy) is 3. The highest BCUT2D eigenvalue weighted by Crippen LogP contribution is 2.17. The Morgan fingerprint density at radius 3 is 2.47 bits per heavy atom. The van der Waals surface area contributed by atoms with E-state index in [2.05, 4.69) is 0 Å². The van der Waals surface area contributed by atoms with Crippen LogP contribution in [0.4, 0.5) is 0 Å². The molecule has 0 aromatic heterocycles. The van der Waals surface area contributed by atoms with E-state index in [0.29, 0.717) is 32.8 Å². The molecule has 0 aromatic rings. The second-order valence-electron chi connectivity index (χ2n) is 4.58. The molecule has 0 radical (unpaired) electrons. The van der Waals surface area contributed by atoms with Crippen LogP contribution in [0.5, 0.6) is 0 Å². The second-order valence-corrected chi connectivity index (χ2v) is 4.89. The number of aliphatic hydroxyl groups is 1. The lowest BCUT2D eigenvalue weighted by atomic mass is 10.0. The molecule has 0 aromatic carbocycles. The first-order valence-electron chi connectivity index (χ1n) is 5.96. The number of aliphatic hydroxyl groups excluding tert-OH is 1. The zero-order valence-electron chi connectivity index (χ0n) is 11.1. The van der Waals surface area contributed by atoms with Crippen molar-refractivity contribution < 1.29 is 19.3 Å². The van der Waals surface area contributed by atoms with Gasteiger partial charge in [0.25, 0.3) is 0 Å². The Kier molecular flexibility index (Phi) is 10.2. The van der Waals surface area contributed by atoms with E-state index in [4.69, 9.17) is 25.8 Å². The molecule has 0 spiro atoms. The standard InChI is InChI=1S/C12H25ClO4/c1-12(2,9-11(14)10-13)17-8-7-16-6-4-5-15-3/h11,14H,4-10H2,1-3H3. The third kappa shape index (κ3) is 11.0. The van der Waals surface area contributed by atoms with Crippen LogP contribution in [-0.2, 0) is 14.2 Å². The van der Waals surface area contributed by atoms with Gasteiger partial charge in [-0.25, -0.2) is 0 Å². The molecule has 1 N–H and O–H groups in total. The van der Waals surface area contributed by atoms with Crippen molar-refractivity contribution >= 4 is 11.6 Å². The molecule has 0 amide bonds. The molecule has 104 valence electrons. The number of alkyl halides is 1. The lowest BCUT2D eigenvalue weighted by Crippen LogP contribution is -2.32. The number of hydrogen-bond acceptors (Lipinski definition) is 4.